The Balaban J connectivity index is 2.12. The standard InChI is InChI=1S/C16H21ClN2O4/c1-10(20)19-6-4-11(5-7-19)18-14-9-15(22-2)12(8-13(14)17)16(21)23-3/h8-9,11,18H,4-7H2,1-3H3. The second-order valence-electron chi connectivity index (χ2n) is 5.45. The summed E-state index contributed by atoms with van der Waals surface area (Å²) in [5.41, 5.74) is 0.995. The van der Waals surface area contributed by atoms with Crippen LogP contribution < -0.4 is 10.1 Å². The van der Waals surface area contributed by atoms with Crippen LogP contribution in [0.3, 0.4) is 0 Å². The van der Waals surface area contributed by atoms with Crippen molar-refractivity contribution in [3.8, 4) is 5.75 Å². The van der Waals surface area contributed by atoms with Crippen molar-refractivity contribution in [3.05, 3.63) is 22.7 Å². The van der Waals surface area contributed by atoms with Crippen LogP contribution in [0.25, 0.3) is 0 Å². The molecule has 0 unspecified atom stereocenters. The summed E-state index contributed by atoms with van der Waals surface area (Å²) in [6.07, 6.45) is 1.69. The number of nitrogens with zero attached hydrogens (tertiary/aromatic N) is 1. The Hall–Kier alpha value is -1.95. The van der Waals surface area contributed by atoms with Gasteiger partial charge < -0.3 is 19.7 Å². The molecule has 1 aromatic carbocycles. The van der Waals surface area contributed by atoms with Gasteiger partial charge in [-0.25, -0.2) is 4.79 Å². The van der Waals surface area contributed by atoms with E-state index in [4.69, 9.17) is 21.1 Å². The van der Waals surface area contributed by atoms with Crippen LogP contribution in [0.1, 0.15) is 30.1 Å². The van der Waals surface area contributed by atoms with Gasteiger partial charge in [0, 0.05) is 32.1 Å². The van der Waals surface area contributed by atoms with Gasteiger partial charge in [-0.15, -0.1) is 0 Å². The number of methoxy groups -OCH3 is 2. The predicted molar refractivity (Wildman–Crippen MR) is 88.2 cm³/mol. The molecule has 6 nitrogen and oxygen atoms in total. The molecule has 0 bridgehead atoms. The molecule has 1 aliphatic rings. The van der Waals surface area contributed by atoms with Crippen LogP contribution in [0.4, 0.5) is 5.69 Å². The van der Waals surface area contributed by atoms with Gasteiger partial charge >= 0.3 is 5.97 Å². The molecule has 0 aliphatic carbocycles. The van der Waals surface area contributed by atoms with Crippen molar-refractivity contribution in [2.45, 2.75) is 25.8 Å². The molecule has 1 saturated heterocycles. The molecule has 23 heavy (non-hydrogen) atoms. The molecule has 0 saturated carbocycles. The van der Waals surface area contributed by atoms with E-state index in [1.807, 2.05) is 4.90 Å². The summed E-state index contributed by atoms with van der Waals surface area (Å²) < 4.78 is 9.97. The number of esters is 1. The first-order valence-corrected chi connectivity index (χ1v) is 7.82. The van der Waals surface area contributed by atoms with Crippen molar-refractivity contribution in [1.29, 1.82) is 0 Å². The second-order valence-corrected chi connectivity index (χ2v) is 5.86. The summed E-state index contributed by atoms with van der Waals surface area (Å²) in [6, 6.07) is 3.46. The highest BCUT2D eigenvalue weighted by Crippen LogP contribution is 2.32. The highest BCUT2D eigenvalue weighted by molar-refractivity contribution is 6.33. The molecule has 126 valence electrons. The average molecular weight is 341 g/mol. The zero-order valence-corrected chi connectivity index (χ0v) is 14.3. The number of benzene rings is 1. The molecule has 0 radical (unpaired) electrons. The molecule has 0 spiro atoms. The summed E-state index contributed by atoms with van der Waals surface area (Å²) in [5.74, 6) is 0.0144. The van der Waals surface area contributed by atoms with Crippen molar-refractivity contribution >= 4 is 29.2 Å². The fourth-order valence-electron chi connectivity index (χ4n) is 2.66. The highest BCUT2D eigenvalue weighted by Gasteiger charge is 2.22. The Kier molecular flexibility index (Phi) is 5.71. The monoisotopic (exact) mass is 340 g/mol. The van der Waals surface area contributed by atoms with Crippen molar-refractivity contribution in [1.82, 2.24) is 4.90 Å². The van der Waals surface area contributed by atoms with Gasteiger partial charge in [-0.2, -0.15) is 0 Å². The first-order valence-electron chi connectivity index (χ1n) is 7.44. The number of nitrogens with one attached hydrogen (secondary N) is 1. The van der Waals surface area contributed by atoms with E-state index in [0.29, 0.717) is 16.5 Å². The summed E-state index contributed by atoms with van der Waals surface area (Å²) in [7, 11) is 2.80. The van der Waals surface area contributed by atoms with Crippen LogP contribution in [-0.2, 0) is 9.53 Å². The van der Waals surface area contributed by atoms with Gasteiger partial charge in [-0.3, -0.25) is 4.79 Å². The molecular formula is C16H21ClN2O4. The molecule has 2 rings (SSSR count). The number of piperidine rings is 1. The van der Waals surface area contributed by atoms with Crippen LogP contribution in [-0.4, -0.2) is 50.1 Å². The lowest BCUT2D eigenvalue weighted by atomic mass is 10.0. The normalized spacial score (nSPS) is 15.2. The maximum absolute atomic E-state index is 11.7. The smallest absolute Gasteiger partial charge is 0.341 e. The van der Waals surface area contributed by atoms with Crippen LogP contribution in [0.2, 0.25) is 5.02 Å². The fourth-order valence-corrected chi connectivity index (χ4v) is 2.88. The molecule has 1 fully saturated rings. The number of anilines is 1. The second kappa shape index (κ2) is 7.55. The maximum atomic E-state index is 11.7. The Morgan fingerprint density at radius 2 is 1.91 bits per heavy atom. The van der Waals surface area contributed by atoms with E-state index < -0.39 is 5.97 Å². The number of ether oxygens (including phenoxy) is 2. The quantitative estimate of drug-likeness (QED) is 0.853. The average Bonchev–Trinajstić information content (AvgIpc) is 2.56. The van der Waals surface area contributed by atoms with E-state index in [0.717, 1.165) is 25.9 Å². The maximum Gasteiger partial charge on any atom is 0.341 e. The summed E-state index contributed by atoms with van der Waals surface area (Å²) >= 11 is 6.27. The Morgan fingerprint density at radius 1 is 1.26 bits per heavy atom. The van der Waals surface area contributed by atoms with Crippen LogP contribution in [0, 0.1) is 0 Å². The predicted octanol–water partition coefficient (Wildman–Crippen LogP) is 2.56. The van der Waals surface area contributed by atoms with Crippen LogP contribution >= 0.6 is 11.6 Å². The van der Waals surface area contributed by atoms with Crippen molar-refractivity contribution in [3.63, 3.8) is 0 Å². The van der Waals surface area contributed by atoms with E-state index in [1.54, 1.807) is 19.1 Å². The van der Waals surface area contributed by atoms with E-state index in [2.05, 4.69) is 5.32 Å². The summed E-state index contributed by atoms with van der Waals surface area (Å²) in [4.78, 5) is 24.9. The summed E-state index contributed by atoms with van der Waals surface area (Å²) in [5, 5.41) is 3.80. The highest BCUT2D eigenvalue weighted by atomic mass is 35.5. The summed E-state index contributed by atoms with van der Waals surface area (Å²) in [6.45, 7) is 3.03. The molecule has 7 heteroatoms. The van der Waals surface area contributed by atoms with Gasteiger partial charge in [0.05, 0.1) is 24.9 Å². The first kappa shape index (κ1) is 17.4. The molecular weight excluding hydrogens is 320 g/mol. The lowest BCUT2D eigenvalue weighted by Crippen LogP contribution is -2.41. The molecule has 1 aliphatic heterocycles. The van der Waals surface area contributed by atoms with Gasteiger partial charge in [-0.05, 0) is 18.9 Å². The number of rotatable bonds is 4. The number of likely N-dealkylation sites (tertiary alicyclic amines) is 1. The first-order chi connectivity index (χ1) is 11.0. The topological polar surface area (TPSA) is 67.9 Å². The molecule has 1 heterocycles. The molecule has 1 N–H and O–H groups in total. The number of hydrogen-bond donors (Lipinski definition) is 1. The van der Waals surface area contributed by atoms with E-state index in [9.17, 15) is 9.59 Å². The minimum atomic E-state index is -0.495. The third-order valence-corrected chi connectivity index (χ3v) is 4.31. The van der Waals surface area contributed by atoms with Gasteiger partial charge in [0.25, 0.3) is 0 Å². The van der Waals surface area contributed by atoms with E-state index in [-0.39, 0.29) is 17.5 Å². The lowest BCUT2D eigenvalue weighted by molar-refractivity contribution is -0.129. The third-order valence-electron chi connectivity index (χ3n) is 3.99. The Morgan fingerprint density at radius 3 is 2.43 bits per heavy atom. The number of carbonyl (C=O) groups is 2. The SMILES string of the molecule is COC(=O)c1cc(Cl)c(NC2CCN(C(C)=O)CC2)cc1OC. The van der Waals surface area contributed by atoms with Gasteiger partial charge in [0.1, 0.15) is 11.3 Å². The van der Waals surface area contributed by atoms with E-state index in [1.165, 1.54) is 14.2 Å². The van der Waals surface area contributed by atoms with Crippen molar-refractivity contribution < 1.29 is 19.1 Å². The zero-order chi connectivity index (χ0) is 17.0. The van der Waals surface area contributed by atoms with Gasteiger partial charge in [0.2, 0.25) is 5.91 Å². The largest absolute Gasteiger partial charge is 0.496 e. The van der Waals surface area contributed by atoms with Gasteiger partial charge in [-0.1, -0.05) is 11.6 Å². The number of halogens is 1. The van der Waals surface area contributed by atoms with Crippen LogP contribution in [0.15, 0.2) is 12.1 Å². The third kappa shape index (κ3) is 4.07. The molecule has 1 aromatic rings. The lowest BCUT2D eigenvalue weighted by Gasteiger charge is -2.32. The molecule has 0 aromatic heterocycles. The van der Waals surface area contributed by atoms with Gasteiger partial charge in [0.15, 0.2) is 0 Å². The Labute approximate surface area is 140 Å². The number of hydrogen-bond acceptors (Lipinski definition) is 5. The number of amides is 1. The molecule has 0 atom stereocenters. The number of carbonyl (C=O) groups excluding carboxylic acids is 2. The zero-order valence-electron chi connectivity index (χ0n) is 13.5. The van der Waals surface area contributed by atoms with Crippen molar-refractivity contribution in [2.24, 2.45) is 0 Å². The van der Waals surface area contributed by atoms with Crippen molar-refractivity contribution in [2.75, 3.05) is 32.6 Å². The van der Waals surface area contributed by atoms with E-state index >= 15 is 0 Å². The molecule has 1 amide bonds. The minimum Gasteiger partial charge on any atom is -0.496 e. The minimum absolute atomic E-state index is 0.102. The van der Waals surface area contributed by atoms with Crippen LogP contribution in [0.5, 0.6) is 5.75 Å². The fraction of sp³-hybridized carbons (Fsp3) is 0.500. The Bertz CT molecular complexity index is 598.